The topological polar surface area (TPSA) is 18.5 Å². The molecule has 194 valence electrons. The lowest BCUT2D eigenvalue weighted by Crippen LogP contribution is -2.30. The van der Waals surface area contributed by atoms with Crippen LogP contribution < -0.4 is 0 Å². The highest BCUT2D eigenvalue weighted by Crippen LogP contribution is 2.34. The summed E-state index contributed by atoms with van der Waals surface area (Å²) in [7, 11) is 0. The number of allylic oxidation sites excluding steroid dienone is 16. The first kappa shape index (κ1) is 29.3. The maximum Gasteiger partial charge on any atom is 0.176 e. The third-order valence-electron chi connectivity index (χ3n) is 6.01. The zero-order valence-corrected chi connectivity index (χ0v) is 21.3. The maximum atomic E-state index is 14.9. The number of hydrogen-bond acceptors (Lipinski definition) is 2. The van der Waals surface area contributed by atoms with Gasteiger partial charge < -0.3 is 9.47 Å². The van der Waals surface area contributed by atoms with Gasteiger partial charge >= 0.3 is 0 Å². The van der Waals surface area contributed by atoms with Gasteiger partial charge in [-0.2, -0.15) is 0 Å². The Labute approximate surface area is 214 Å². The van der Waals surface area contributed by atoms with Gasteiger partial charge in [0.25, 0.3) is 0 Å². The average Bonchev–Trinajstić information content (AvgIpc) is 2.90. The highest BCUT2D eigenvalue weighted by molar-refractivity contribution is 5.53. The highest BCUT2D eigenvalue weighted by atomic mass is 19.2. The van der Waals surface area contributed by atoms with E-state index in [1.54, 1.807) is 43.4 Å². The minimum Gasteiger partial charge on any atom is -0.349 e. The van der Waals surface area contributed by atoms with E-state index in [4.69, 9.17) is 9.47 Å². The van der Waals surface area contributed by atoms with Crippen molar-refractivity contribution in [2.45, 2.75) is 45.8 Å². The number of halogens is 3. The summed E-state index contributed by atoms with van der Waals surface area (Å²) in [6.07, 6.45) is 18.5. The monoisotopic (exact) mass is 498 g/mol. The Morgan fingerprint density at radius 1 is 1.11 bits per heavy atom. The summed E-state index contributed by atoms with van der Waals surface area (Å²) in [6.45, 7) is 15.6. The van der Waals surface area contributed by atoms with Crippen LogP contribution in [0.4, 0.5) is 13.2 Å². The smallest absolute Gasteiger partial charge is 0.176 e. The average molecular weight is 499 g/mol. The molecule has 1 aliphatic heterocycles. The van der Waals surface area contributed by atoms with Crippen molar-refractivity contribution < 1.29 is 22.6 Å². The highest BCUT2D eigenvalue weighted by Gasteiger charge is 2.23. The zero-order valence-electron chi connectivity index (χ0n) is 21.3. The summed E-state index contributed by atoms with van der Waals surface area (Å²) in [5.41, 5.74) is 1.52. The first-order valence-corrected chi connectivity index (χ1v) is 12.3. The van der Waals surface area contributed by atoms with E-state index in [1.165, 1.54) is 6.08 Å². The number of hydrogen-bond donors (Lipinski definition) is 0. The summed E-state index contributed by atoms with van der Waals surface area (Å²) < 4.78 is 55.4. The summed E-state index contributed by atoms with van der Waals surface area (Å²) >= 11 is 0. The van der Waals surface area contributed by atoms with Gasteiger partial charge in [-0.05, 0) is 55.1 Å². The van der Waals surface area contributed by atoms with E-state index in [9.17, 15) is 13.2 Å². The Morgan fingerprint density at radius 2 is 1.83 bits per heavy atom. The third-order valence-corrected chi connectivity index (χ3v) is 6.01. The van der Waals surface area contributed by atoms with Crippen LogP contribution in [0.15, 0.2) is 120 Å². The van der Waals surface area contributed by atoms with E-state index in [2.05, 4.69) is 19.7 Å². The Morgan fingerprint density at radius 3 is 2.39 bits per heavy atom. The molecule has 1 unspecified atom stereocenters. The predicted octanol–water partition coefficient (Wildman–Crippen LogP) is 9.03. The minimum absolute atomic E-state index is 0.00730. The normalized spacial score (nSPS) is 24.4. The molecular formula is C31H37F3O2. The van der Waals surface area contributed by atoms with Crippen LogP contribution in [0.5, 0.6) is 0 Å². The SMILES string of the molecule is C=C/C=C(\C=C(\F)CC1COC(C=C)OC1)C1C=CC(C(=C)/C(F)=C(F)\C(=C/C)C/C=C\CC)=CC1. The Balaban J connectivity index is 2.07. The maximum absolute atomic E-state index is 14.9. The van der Waals surface area contributed by atoms with E-state index in [0.717, 1.165) is 12.0 Å². The Bertz CT molecular complexity index is 1010. The van der Waals surface area contributed by atoms with Gasteiger partial charge in [0, 0.05) is 23.8 Å². The standard InChI is InChI=1S/C31H37F3O2/c1-6-10-11-13-24(8-3)31(34)30(33)22(5)25-14-16-26(17-15-25)27(12-7-2)19-28(32)18-23-20-35-29(9-4)36-21-23/h7-12,14-16,19,23,26,29H,2,4-6,13,17-18,20-21H2,1,3H3/b11-10-,24-8-,27-12+,28-19+,31-30-. The second-order valence-electron chi connectivity index (χ2n) is 8.70. The van der Waals surface area contributed by atoms with Crippen molar-refractivity contribution in [1.82, 2.24) is 0 Å². The second kappa shape index (κ2) is 15.3. The van der Waals surface area contributed by atoms with Crippen LogP contribution >= 0.6 is 0 Å². The molecule has 0 radical (unpaired) electrons. The van der Waals surface area contributed by atoms with Crippen LogP contribution in [0.3, 0.4) is 0 Å². The van der Waals surface area contributed by atoms with Gasteiger partial charge in [0.15, 0.2) is 17.9 Å². The molecule has 1 atom stereocenters. The van der Waals surface area contributed by atoms with Gasteiger partial charge in [0.05, 0.1) is 13.2 Å². The molecule has 0 aromatic heterocycles. The molecule has 0 bridgehead atoms. The van der Waals surface area contributed by atoms with Crippen molar-refractivity contribution >= 4 is 0 Å². The minimum atomic E-state index is -0.967. The molecule has 1 heterocycles. The fourth-order valence-corrected chi connectivity index (χ4v) is 3.95. The van der Waals surface area contributed by atoms with Crippen LogP contribution in [0.2, 0.25) is 0 Å². The van der Waals surface area contributed by atoms with Crippen LogP contribution in [0.1, 0.15) is 39.5 Å². The fraction of sp³-hybridized carbons (Fsp3) is 0.355. The molecule has 0 aromatic rings. The van der Waals surface area contributed by atoms with Crippen LogP contribution in [-0.4, -0.2) is 19.5 Å². The van der Waals surface area contributed by atoms with Crippen molar-refractivity contribution in [3.05, 3.63) is 120 Å². The number of rotatable bonds is 12. The van der Waals surface area contributed by atoms with Gasteiger partial charge in [0.1, 0.15) is 5.83 Å². The summed E-state index contributed by atoms with van der Waals surface area (Å²) in [4.78, 5) is 0. The summed E-state index contributed by atoms with van der Waals surface area (Å²) in [6, 6.07) is 0. The molecule has 0 saturated carbocycles. The van der Waals surface area contributed by atoms with Gasteiger partial charge in [-0.25, -0.2) is 13.2 Å². The Hall–Kier alpha value is -2.89. The molecule has 5 heteroatoms. The summed E-state index contributed by atoms with van der Waals surface area (Å²) in [5.74, 6) is -2.35. The molecule has 1 fully saturated rings. The quantitative estimate of drug-likeness (QED) is 0.197. The second-order valence-corrected chi connectivity index (χ2v) is 8.70. The first-order chi connectivity index (χ1) is 17.3. The summed E-state index contributed by atoms with van der Waals surface area (Å²) in [5, 5.41) is 0. The van der Waals surface area contributed by atoms with Crippen LogP contribution in [0.25, 0.3) is 0 Å². The van der Waals surface area contributed by atoms with Crippen molar-refractivity contribution in [2.24, 2.45) is 11.8 Å². The lowest BCUT2D eigenvalue weighted by molar-refractivity contribution is -0.174. The largest absolute Gasteiger partial charge is 0.349 e. The van der Waals surface area contributed by atoms with Gasteiger partial charge in [0.2, 0.25) is 0 Å². The van der Waals surface area contributed by atoms with Crippen molar-refractivity contribution in [3.8, 4) is 0 Å². The molecule has 0 aromatic carbocycles. The molecule has 0 N–H and O–H groups in total. The molecule has 36 heavy (non-hydrogen) atoms. The van der Waals surface area contributed by atoms with E-state index in [0.29, 0.717) is 31.6 Å². The first-order valence-electron chi connectivity index (χ1n) is 12.3. The lowest BCUT2D eigenvalue weighted by Gasteiger charge is -2.27. The third kappa shape index (κ3) is 8.65. The van der Waals surface area contributed by atoms with Crippen molar-refractivity contribution in [3.63, 3.8) is 0 Å². The molecule has 2 rings (SSSR count). The van der Waals surface area contributed by atoms with Gasteiger partial charge in [-0.15, -0.1) is 0 Å². The molecule has 2 nitrogen and oxygen atoms in total. The van der Waals surface area contributed by atoms with Gasteiger partial charge in [-0.1, -0.05) is 75.3 Å². The van der Waals surface area contributed by atoms with Crippen LogP contribution in [-0.2, 0) is 9.47 Å². The fourth-order valence-electron chi connectivity index (χ4n) is 3.95. The van der Waals surface area contributed by atoms with Crippen molar-refractivity contribution in [1.29, 1.82) is 0 Å². The zero-order chi connectivity index (χ0) is 26.5. The molecule has 0 amide bonds. The van der Waals surface area contributed by atoms with Gasteiger partial charge in [-0.3, -0.25) is 0 Å². The molecule has 1 aliphatic carbocycles. The molecular weight excluding hydrogens is 461 g/mol. The van der Waals surface area contributed by atoms with E-state index >= 15 is 0 Å². The molecule has 2 aliphatic rings. The van der Waals surface area contributed by atoms with E-state index in [1.807, 2.05) is 25.2 Å². The van der Waals surface area contributed by atoms with Crippen LogP contribution in [0, 0.1) is 11.8 Å². The van der Waals surface area contributed by atoms with Crippen molar-refractivity contribution in [2.75, 3.05) is 13.2 Å². The molecule has 0 spiro atoms. The van der Waals surface area contributed by atoms with E-state index in [-0.39, 0.29) is 35.2 Å². The van der Waals surface area contributed by atoms with E-state index < -0.39 is 17.9 Å². The number of ether oxygens (including phenoxy) is 2. The Kier molecular flexibility index (Phi) is 12.4. The lowest BCUT2D eigenvalue weighted by atomic mass is 9.86. The predicted molar refractivity (Wildman–Crippen MR) is 143 cm³/mol. The molecule has 1 saturated heterocycles.